The fourth-order valence-corrected chi connectivity index (χ4v) is 3.10. The molecule has 2 rings (SSSR count). The molecule has 102 valence electrons. The summed E-state index contributed by atoms with van der Waals surface area (Å²) in [5, 5.41) is 6.67. The molecule has 18 heavy (non-hydrogen) atoms. The van der Waals surface area contributed by atoms with Gasteiger partial charge >= 0.3 is 0 Å². The molecule has 1 saturated heterocycles. The Balaban J connectivity index is 1.92. The van der Waals surface area contributed by atoms with Gasteiger partial charge in [0.15, 0.2) is 5.13 Å². The fourth-order valence-electron chi connectivity index (χ4n) is 2.25. The van der Waals surface area contributed by atoms with Crippen molar-refractivity contribution in [1.82, 2.24) is 10.3 Å². The number of thiazole rings is 1. The maximum absolute atomic E-state index is 5.75. The lowest BCUT2D eigenvalue weighted by Gasteiger charge is -2.35. The lowest BCUT2D eigenvalue weighted by atomic mass is 10.2. The van der Waals surface area contributed by atoms with E-state index >= 15 is 0 Å². The van der Waals surface area contributed by atoms with Crippen molar-refractivity contribution in [2.75, 3.05) is 24.5 Å². The number of ether oxygens (including phenoxy) is 1. The van der Waals surface area contributed by atoms with E-state index in [0.717, 1.165) is 43.4 Å². The highest BCUT2D eigenvalue weighted by Crippen LogP contribution is 2.24. The van der Waals surface area contributed by atoms with Gasteiger partial charge < -0.3 is 15.0 Å². The number of hydrogen-bond donors (Lipinski definition) is 1. The smallest absolute Gasteiger partial charge is 0.185 e. The van der Waals surface area contributed by atoms with Gasteiger partial charge in [-0.2, -0.15) is 0 Å². The Morgan fingerprint density at radius 1 is 1.44 bits per heavy atom. The second kappa shape index (κ2) is 6.50. The molecule has 2 heterocycles. The van der Waals surface area contributed by atoms with Gasteiger partial charge in [-0.05, 0) is 26.8 Å². The van der Waals surface area contributed by atoms with Crippen molar-refractivity contribution in [3.05, 3.63) is 11.1 Å². The number of nitrogens with zero attached hydrogens (tertiary/aromatic N) is 2. The van der Waals surface area contributed by atoms with Gasteiger partial charge in [0, 0.05) is 25.0 Å². The van der Waals surface area contributed by atoms with Crippen LogP contribution >= 0.6 is 11.3 Å². The summed E-state index contributed by atoms with van der Waals surface area (Å²) in [6.07, 6.45) is 1.74. The van der Waals surface area contributed by atoms with Crippen molar-refractivity contribution in [2.45, 2.75) is 45.9 Å². The molecular formula is C13H23N3OS. The van der Waals surface area contributed by atoms with Crippen LogP contribution in [0.2, 0.25) is 0 Å². The maximum atomic E-state index is 5.75. The summed E-state index contributed by atoms with van der Waals surface area (Å²) >= 11 is 1.74. The molecule has 0 spiro atoms. The van der Waals surface area contributed by atoms with Crippen molar-refractivity contribution in [2.24, 2.45) is 0 Å². The standard InChI is InChI=1S/C13H23N3OS/c1-4-5-14-6-12-9-18-13(15-12)16-7-10(2)17-11(3)8-16/h9-11,14H,4-8H2,1-3H3. The third-order valence-corrected chi connectivity index (χ3v) is 3.91. The Labute approximate surface area is 113 Å². The normalized spacial score (nSPS) is 24.5. The van der Waals surface area contributed by atoms with Gasteiger partial charge in [0.25, 0.3) is 0 Å². The largest absolute Gasteiger partial charge is 0.372 e. The highest BCUT2D eigenvalue weighted by molar-refractivity contribution is 7.13. The molecule has 1 aliphatic heterocycles. The second-order valence-corrected chi connectivity index (χ2v) is 5.80. The van der Waals surface area contributed by atoms with Crippen LogP contribution in [0.5, 0.6) is 0 Å². The monoisotopic (exact) mass is 269 g/mol. The maximum Gasteiger partial charge on any atom is 0.185 e. The van der Waals surface area contributed by atoms with E-state index in [1.54, 1.807) is 11.3 Å². The lowest BCUT2D eigenvalue weighted by Crippen LogP contribution is -2.45. The zero-order chi connectivity index (χ0) is 13.0. The fraction of sp³-hybridized carbons (Fsp3) is 0.769. The van der Waals surface area contributed by atoms with E-state index in [1.165, 1.54) is 0 Å². The number of anilines is 1. The quantitative estimate of drug-likeness (QED) is 0.832. The molecule has 0 saturated carbocycles. The third-order valence-electron chi connectivity index (χ3n) is 2.96. The Bertz CT molecular complexity index is 359. The zero-order valence-corrected chi connectivity index (χ0v) is 12.3. The molecule has 1 aromatic rings. The van der Waals surface area contributed by atoms with Crippen molar-refractivity contribution >= 4 is 16.5 Å². The molecule has 2 atom stereocenters. The van der Waals surface area contributed by atoms with Gasteiger partial charge in [0.1, 0.15) is 0 Å². The molecule has 0 aliphatic carbocycles. The van der Waals surface area contributed by atoms with Crippen LogP contribution in [0.3, 0.4) is 0 Å². The van der Waals surface area contributed by atoms with Crippen LogP contribution in [0.15, 0.2) is 5.38 Å². The first-order chi connectivity index (χ1) is 8.69. The highest BCUT2D eigenvalue weighted by atomic mass is 32.1. The molecule has 0 bridgehead atoms. The third kappa shape index (κ3) is 3.67. The van der Waals surface area contributed by atoms with Crippen LogP contribution in [-0.2, 0) is 11.3 Å². The first kappa shape index (κ1) is 13.8. The SMILES string of the molecule is CCCNCc1csc(N2CC(C)OC(C)C2)n1. The summed E-state index contributed by atoms with van der Waals surface area (Å²) in [6, 6.07) is 0. The average Bonchev–Trinajstić information content (AvgIpc) is 2.77. The summed E-state index contributed by atoms with van der Waals surface area (Å²) in [5.74, 6) is 0. The molecule has 2 unspecified atom stereocenters. The molecule has 5 heteroatoms. The zero-order valence-electron chi connectivity index (χ0n) is 11.5. The summed E-state index contributed by atoms with van der Waals surface area (Å²) in [5.41, 5.74) is 1.15. The van der Waals surface area contributed by atoms with E-state index in [4.69, 9.17) is 9.72 Å². The molecule has 0 radical (unpaired) electrons. The summed E-state index contributed by atoms with van der Waals surface area (Å²) in [7, 11) is 0. The van der Waals surface area contributed by atoms with E-state index < -0.39 is 0 Å². The van der Waals surface area contributed by atoms with Crippen LogP contribution in [0.4, 0.5) is 5.13 Å². The molecule has 1 aromatic heterocycles. The molecule has 0 aromatic carbocycles. The van der Waals surface area contributed by atoms with E-state index in [-0.39, 0.29) is 0 Å². The predicted octanol–water partition coefficient (Wildman–Crippen LogP) is 2.26. The Hall–Kier alpha value is -0.650. The van der Waals surface area contributed by atoms with Crippen molar-refractivity contribution < 1.29 is 4.74 Å². The van der Waals surface area contributed by atoms with Gasteiger partial charge in [-0.15, -0.1) is 11.3 Å². The minimum Gasteiger partial charge on any atom is -0.372 e. The van der Waals surface area contributed by atoms with Gasteiger partial charge in [-0.25, -0.2) is 4.98 Å². The number of hydrogen-bond acceptors (Lipinski definition) is 5. The van der Waals surface area contributed by atoms with Gasteiger partial charge in [0.05, 0.1) is 17.9 Å². The van der Waals surface area contributed by atoms with E-state index in [9.17, 15) is 0 Å². The summed E-state index contributed by atoms with van der Waals surface area (Å²) in [4.78, 5) is 7.04. The van der Waals surface area contributed by atoms with E-state index in [2.05, 4.69) is 36.4 Å². The number of aromatic nitrogens is 1. The molecule has 1 aliphatic rings. The number of morpholine rings is 1. The van der Waals surface area contributed by atoms with E-state index in [1.807, 2.05) is 0 Å². The highest BCUT2D eigenvalue weighted by Gasteiger charge is 2.24. The number of nitrogens with one attached hydrogen (secondary N) is 1. The minimum atomic E-state index is 0.291. The Morgan fingerprint density at radius 2 is 2.17 bits per heavy atom. The summed E-state index contributed by atoms with van der Waals surface area (Å²) in [6.45, 7) is 10.2. The Kier molecular flexibility index (Phi) is 4.97. The first-order valence-corrected chi connectivity index (χ1v) is 7.62. The second-order valence-electron chi connectivity index (χ2n) is 4.96. The average molecular weight is 269 g/mol. The van der Waals surface area contributed by atoms with Crippen molar-refractivity contribution in [1.29, 1.82) is 0 Å². The lowest BCUT2D eigenvalue weighted by molar-refractivity contribution is -0.00523. The Morgan fingerprint density at radius 3 is 2.83 bits per heavy atom. The molecule has 4 nitrogen and oxygen atoms in total. The van der Waals surface area contributed by atoms with Crippen molar-refractivity contribution in [3.8, 4) is 0 Å². The first-order valence-electron chi connectivity index (χ1n) is 6.74. The number of rotatable bonds is 5. The van der Waals surface area contributed by atoms with Crippen LogP contribution in [-0.4, -0.2) is 36.8 Å². The molecule has 1 fully saturated rings. The summed E-state index contributed by atoms with van der Waals surface area (Å²) < 4.78 is 5.75. The topological polar surface area (TPSA) is 37.4 Å². The van der Waals surface area contributed by atoms with E-state index in [0.29, 0.717) is 12.2 Å². The predicted molar refractivity (Wildman–Crippen MR) is 76.3 cm³/mol. The van der Waals surface area contributed by atoms with Gasteiger partial charge in [0.2, 0.25) is 0 Å². The van der Waals surface area contributed by atoms with Crippen LogP contribution in [0.1, 0.15) is 32.9 Å². The van der Waals surface area contributed by atoms with Crippen LogP contribution in [0.25, 0.3) is 0 Å². The molecular weight excluding hydrogens is 246 g/mol. The molecule has 1 N–H and O–H groups in total. The molecule has 0 amide bonds. The van der Waals surface area contributed by atoms with Crippen LogP contribution in [0, 0.1) is 0 Å². The minimum absolute atomic E-state index is 0.291. The van der Waals surface area contributed by atoms with Crippen molar-refractivity contribution in [3.63, 3.8) is 0 Å². The van der Waals surface area contributed by atoms with Crippen LogP contribution < -0.4 is 10.2 Å². The van der Waals surface area contributed by atoms with Gasteiger partial charge in [-0.1, -0.05) is 6.92 Å². The van der Waals surface area contributed by atoms with Gasteiger partial charge in [-0.3, -0.25) is 0 Å².